The molecule has 0 aliphatic carbocycles. The number of aryl methyl sites for hydroxylation is 1. The van der Waals surface area contributed by atoms with Crippen molar-refractivity contribution in [2.75, 3.05) is 0 Å². The normalized spacial score (nSPS) is 12.6. The molecule has 2 rings (SSSR count). The van der Waals surface area contributed by atoms with Crippen LogP contribution in [-0.4, -0.2) is 18.9 Å². The molecule has 0 spiro atoms. The Hall–Kier alpha value is -1.83. The minimum Gasteiger partial charge on any atom is -0.355 e. The molecule has 4 nitrogen and oxygen atoms in total. The molecular formula is C12H10F3NO3S. The van der Waals surface area contributed by atoms with Gasteiger partial charge in [-0.1, -0.05) is 25.1 Å². The van der Waals surface area contributed by atoms with Gasteiger partial charge in [0, 0.05) is 11.6 Å². The molecule has 0 aliphatic heterocycles. The minimum atomic E-state index is -5.72. The van der Waals surface area contributed by atoms with E-state index in [1.54, 1.807) is 18.2 Å². The minimum absolute atomic E-state index is 0.222. The van der Waals surface area contributed by atoms with E-state index in [9.17, 15) is 21.6 Å². The molecule has 0 atom stereocenters. The van der Waals surface area contributed by atoms with Gasteiger partial charge in [-0.2, -0.15) is 21.6 Å². The first-order valence-electron chi connectivity index (χ1n) is 5.63. The molecule has 2 aromatic rings. The Labute approximate surface area is 113 Å². The highest BCUT2D eigenvalue weighted by Crippen LogP contribution is 2.31. The predicted octanol–water partition coefficient (Wildman–Crippen LogP) is 3.03. The number of rotatable bonds is 3. The van der Waals surface area contributed by atoms with E-state index in [0.29, 0.717) is 11.8 Å². The van der Waals surface area contributed by atoms with Crippen molar-refractivity contribution in [3.8, 4) is 5.88 Å². The maximum absolute atomic E-state index is 12.3. The van der Waals surface area contributed by atoms with Crippen molar-refractivity contribution in [3.05, 3.63) is 36.0 Å². The van der Waals surface area contributed by atoms with Crippen LogP contribution in [0.1, 0.15) is 12.5 Å². The van der Waals surface area contributed by atoms with Crippen LogP contribution in [0, 0.1) is 0 Å². The van der Waals surface area contributed by atoms with Gasteiger partial charge in [-0.25, -0.2) is 4.98 Å². The predicted molar refractivity (Wildman–Crippen MR) is 66.7 cm³/mol. The lowest BCUT2D eigenvalue weighted by Crippen LogP contribution is -2.28. The third kappa shape index (κ3) is 2.55. The first-order chi connectivity index (χ1) is 9.26. The Morgan fingerprint density at radius 1 is 1.20 bits per heavy atom. The number of hydrogen-bond acceptors (Lipinski definition) is 4. The Morgan fingerprint density at radius 3 is 2.35 bits per heavy atom. The molecular weight excluding hydrogens is 295 g/mol. The summed E-state index contributed by atoms with van der Waals surface area (Å²) in [6.07, 6.45) is 1.92. The first-order valence-corrected chi connectivity index (χ1v) is 7.04. The van der Waals surface area contributed by atoms with Crippen LogP contribution < -0.4 is 4.18 Å². The first kappa shape index (κ1) is 14.6. The molecule has 0 unspecified atom stereocenters. The van der Waals surface area contributed by atoms with Crippen LogP contribution in [-0.2, 0) is 16.5 Å². The van der Waals surface area contributed by atoms with Gasteiger partial charge < -0.3 is 4.18 Å². The Bertz CT molecular complexity index is 741. The monoisotopic (exact) mass is 305 g/mol. The Kier molecular flexibility index (Phi) is 3.59. The number of fused-ring (bicyclic) bond motifs is 1. The molecule has 0 N–H and O–H groups in total. The maximum atomic E-state index is 12.3. The Balaban J connectivity index is 2.58. The number of alkyl halides is 3. The lowest BCUT2D eigenvalue weighted by molar-refractivity contribution is -0.0500. The van der Waals surface area contributed by atoms with Crippen LogP contribution in [0.5, 0.6) is 5.88 Å². The van der Waals surface area contributed by atoms with E-state index in [0.717, 1.165) is 5.56 Å². The van der Waals surface area contributed by atoms with Gasteiger partial charge in [0.15, 0.2) is 0 Å². The molecule has 20 heavy (non-hydrogen) atoms. The number of pyridine rings is 1. The molecule has 0 bridgehead atoms. The van der Waals surface area contributed by atoms with Crippen molar-refractivity contribution in [1.82, 2.24) is 4.98 Å². The number of hydrogen-bond donors (Lipinski definition) is 0. The van der Waals surface area contributed by atoms with Crippen LogP contribution in [0.3, 0.4) is 0 Å². The van der Waals surface area contributed by atoms with Crippen LogP contribution in [0.15, 0.2) is 30.5 Å². The third-order valence-corrected chi connectivity index (χ3v) is 3.64. The van der Waals surface area contributed by atoms with Gasteiger partial charge in [-0.3, -0.25) is 0 Å². The van der Waals surface area contributed by atoms with E-state index in [2.05, 4.69) is 9.17 Å². The van der Waals surface area contributed by atoms with Crippen molar-refractivity contribution < 1.29 is 25.8 Å². The number of halogens is 3. The largest absolute Gasteiger partial charge is 0.534 e. The summed E-state index contributed by atoms with van der Waals surface area (Å²) in [5, 5.41) is 0.831. The van der Waals surface area contributed by atoms with Crippen molar-refractivity contribution in [2.45, 2.75) is 18.9 Å². The average Bonchev–Trinajstić information content (AvgIpc) is 2.37. The quantitative estimate of drug-likeness (QED) is 0.646. The second-order valence-electron chi connectivity index (χ2n) is 3.97. The summed E-state index contributed by atoms with van der Waals surface area (Å²) in [5.41, 5.74) is -4.70. The van der Waals surface area contributed by atoms with Crippen molar-refractivity contribution in [3.63, 3.8) is 0 Å². The summed E-state index contributed by atoms with van der Waals surface area (Å²) in [6.45, 7) is 1.86. The van der Waals surface area contributed by atoms with Gasteiger partial charge in [-0.15, -0.1) is 0 Å². The molecule has 0 saturated heterocycles. The van der Waals surface area contributed by atoms with Crippen molar-refractivity contribution in [2.24, 2.45) is 0 Å². The molecule has 0 aliphatic rings. The number of benzene rings is 1. The van der Waals surface area contributed by atoms with Crippen LogP contribution >= 0.6 is 0 Å². The van der Waals surface area contributed by atoms with Crippen molar-refractivity contribution in [1.29, 1.82) is 0 Å². The highest BCUT2D eigenvalue weighted by atomic mass is 32.2. The van der Waals surface area contributed by atoms with E-state index in [-0.39, 0.29) is 5.39 Å². The average molecular weight is 305 g/mol. The topological polar surface area (TPSA) is 56.3 Å². The van der Waals surface area contributed by atoms with Gasteiger partial charge in [0.25, 0.3) is 0 Å². The van der Waals surface area contributed by atoms with Crippen LogP contribution in [0.25, 0.3) is 10.8 Å². The van der Waals surface area contributed by atoms with Gasteiger partial charge in [0.05, 0.1) is 0 Å². The highest BCUT2D eigenvalue weighted by molar-refractivity contribution is 7.88. The summed E-state index contributed by atoms with van der Waals surface area (Å²) in [6, 6.07) is 6.39. The highest BCUT2D eigenvalue weighted by Gasteiger charge is 2.49. The lowest BCUT2D eigenvalue weighted by Gasteiger charge is -2.11. The van der Waals surface area contributed by atoms with Crippen molar-refractivity contribution >= 4 is 20.9 Å². The SMILES string of the molecule is CCc1cnc(OS(=O)(=O)C(F)(F)F)c2ccccc12. The molecule has 0 saturated carbocycles. The van der Waals surface area contributed by atoms with Crippen LogP contribution in [0.4, 0.5) is 13.2 Å². The zero-order valence-corrected chi connectivity index (χ0v) is 11.1. The summed E-state index contributed by atoms with van der Waals surface area (Å²) in [7, 11) is -5.72. The molecule has 1 aromatic heterocycles. The standard InChI is InChI=1S/C12H10F3NO3S/c1-2-8-7-16-11(10-6-4-3-5-9(8)10)19-20(17,18)12(13,14)15/h3-7H,2H2,1H3. The summed E-state index contributed by atoms with van der Waals surface area (Å²) >= 11 is 0. The van der Waals surface area contributed by atoms with Gasteiger partial charge >= 0.3 is 15.6 Å². The number of aromatic nitrogens is 1. The van der Waals surface area contributed by atoms with Gasteiger partial charge in [-0.05, 0) is 23.4 Å². The Morgan fingerprint density at radius 2 is 1.80 bits per heavy atom. The molecule has 1 heterocycles. The molecule has 0 radical (unpaired) electrons. The van der Waals surface area contributed by atoms with Gasteiger partial charge in [0.1, 0.15) is 0 Å². The summed E-state index contributed by atoms with van der Waals surface area (Å²) < 4.78 is 63.2. The molecule has 108 valence electrons. The van der Waals surface area contributed by atoms with Crippen LogP contribution in [0.2, 0.25) is 0 Å². The fraction of sp³-hybridized carbons (Fsp3) is 0.250. The zero-order chi connectivity index (χ0) is 15.0. The van der Waals surface area contributed by atoms with Gasteiger partial charge in [0.2, 0.25) is 5.88 Å². The van der Waals surface area contributed by atoms with E-state index in [4.69, 9.17) is 0 Å². The molecule has 0 amide bonds. The van der Waals surface area contributed by atoms with E-state index < -0.39 is 21.5 Å². The zero-order valence-electron chi connectivity index (χ0n) is 10.3. The third-order valence-electron chi connectivity index (χ3n) is 2.69. The second kappa shape index (κ2) is 4.93. The molecule has 1 aromatic carbocycles. The number of nitrogens with zero attached hydrogens (tertiary/aromatic N) is 1. The fourth-order valence-corrected chi connectivity index (χ4v) is 2.16. The summed E-state index contributed by atoms with van der Waals surface area (Å²) in [5.74, 6) is -0.574. The molecule has 0 fully saturated rings. The fourth-order valence-electron chi connectivity index (χ4n) is 1.72. The van der Waals surface area contributed by atoms with E-state index in [1.165, 1.54) is 12.3 Å². The smallest absolute Gasteiger partial charge is 0.355 e. The second-order valence-corrected chi connectivity index (χ2v) is 5.51. The lowest BCUT2D eigenvalue weighted by atomic mass is 10.1. The van der Waals surface area contributed by atoms with E-state index >= 15 is 0 Å². The molecule has 8 heteroatoms. The summed E-state index contributed by atoms with van der Waals surface area (Å²) in [4.78, 5) is 3.67. The maximum Gasteiger partial charge on any atom is 0.534 e. The van der Waals surface area contributed by atoms with E-state index in [1.807, 2.05) is 6.92 Å².